The van der Waals surface area contributed by atoms with Gasteiger partial charge in [0, 0.05) is 11.8 Å². The molecule has 0 radical (unpaired) electrons. The van der Waals surface area contributed by atoms with Crippen molar-refractivity contribution in [3.63, 3.8) is 0 Å². The zero-order valence-electron chi connectivity index (χ0n) is 10.5. The molecule has 0 aliphatic carbocycles. The monoisotopic (exact) mass is 241 g/mol. The topological polar surface area (TPSA) is 39.2 Å². The molecule has 18 heavy (non-hydrogen) atoms. The van der Waals surface area contributed by atoms with Gasteiger partial charge in [-0.05, 0) is 37.6 Å². The Morgan fingerprint density at radius 2 is 2.11 bits per heavy atom. The van der Waals surface area contributed by atoms with E-state index in [0.29, 0.717) is 12.2 Å². The lowest BCUT2D eigenvalue weighted by Crippen LogP contribution is -2.04. The van der Waals surface area contributed by atoms with Gasteiger partial charge in [0.05, 0.1) is 17.9 Å². The number of aromatic nitrogens is 1. The van der Waals surface area contributed by atoms with Crippen LogP contribution in [-0.2, 0) is 4.74 Å². The van der Waals surface area contributed by atoms with Gasteiger partial charge in [0.25, 0.3) is 0 Å². The molecule has 3 heteroatoms. The van der Waals surface area contributed by atoms with Crippen molar-refractivity contribution in [2.45, 2.75) is 13.8 Å². The molecule has 0 aliphatic heterocycles. The highest BCUT2D eigenvalue weighted by Gasteiger charge is 2.09. The summed E-state index contributed by atoms with van der Waals surface area (Å²) in [7, 11) is 0. The van der Waals surface area contributed by atoms with Gasteiger partial charge in [-0.15, -0.1) is 0 Å². The second kappa shape index (κ2) is 5.45. The Labute approximate surface area is 106 Å². The van der Waals surface area contributed by atoms with Crippen LogP contribution in [0.1, 0.15) is 22.8 Å². The predicted molar refractivity (Wildman–Crippen MR) is 70.4 cm³/mol. The second-order valence-corrected chi connectivity index (χ2v) is 3.97. The molecule has 0 spiro atoms. The van der Waals surface area contributed by atoms with Crippen LogP contribution in [0.25, 0.3) is 11.3 Å². The number of nitrogens with zero attached hydrogens (tertiary/aromatic N) is 1. The third-order valence-electron chi connectivity index (χ3n) is 2.66. The van der Waals surface area contributed by atoms with Crippen molar-refractivity contribution in [1.82, 2.24) is 4.98 Å². The van der Waals surface area contributed by atoms with Gasteiger partial charge in [-0.2, -0.15) is 0 Å². The van der Waals surface area contributed by atoms with Gasteiger partial charge in [-0.25, -0.2) is 4.79 Å². The van der Waals surface area contributed by atoms with E-state index in [1.165, 1.54) is 0 Å². The minimum absolute atomic E-state index is 0.298. The van der Waals surface area contributed by atoms with Crippen LogP contribution in [0.2, 0.25) is 0 Å². The Balaban J connectivity index is 2.39. The first kappa shape index (κ1) is 12.3. The van der Waals surface area contributed by atoms with E-state index in [0.717, 1.165) is 16.8 Å². The molecule has 3 nitrogen and oxygen atoms in total. The molecule has 0 bridgehead atoms. The summed E-state index contributed by atoms with van der Waals surface area (Å²) in [4.78, 5) is 16.0. The fourth-order valence-corrected chi connectivity index (χ4v) is 1.80. The normalized spacial score (nSPS) is 10.1. The van der Waals surface area contributed by atoms with Crippen molar-refractivity contribution < 1.29 is 9.53 Å². The molecule has 0 amide bonds. The number of aryl methyl sites for hydroxylation is 1. The SMILES string of the molecule is CCOC(=O)c1cccc(-c2ncccc2C)c1. The summed E-state index contributed by atoms with van der Waals surface area (Å²) in [6.45, 7) is 4.18. The summed E-state index contributed by atoms with van der Waals surface area (Å²) >= 11 is 0. The maximum atomic E-state index is 11.7. The number of rotatable bonds is 3. The van der Waals surface area contributed by atoms with E-state index in [2.05, 4.69) is 4.98 Å². The lowest BCUT2D eigenvalue weighted by Gasteiger charge is -2.06. The number of hydrogen-bond donors (Lipinski definition) is 0. The molecule has 0 aliphatic rings. The van der Waals surface area contributed by atoms with Gasteiger partial charge in [-0.3, -0.25) is 4.98 Å². The molecule has 0 fully saturated rings. The Morgan fingerprint density at radius 3 is 2.83 bits per heavy atom. The molecule has 2 rings (SSSR count). The number of hydrogen-bond acceptors (Lipinski definition) is 3. The van der Waals surface area contributed by atoms with Gasteiger partial charge in [0.15, 0.2) is 0 Å². The van der Waals surface area contributed by atoms with Gasteiger partial charge in [0.1, 0.15) is 0 Å². The Hall–Kier alpha value is -2.16. The van der Waals surface area contributed by atoms with Gasteiger partial charge >= 0.3 is 5.97 Å². The van der Waals surface area contributed by atoms with Gasteiger partial charge < -0.3 is 4.74 Å². The van der Waals surface area contributed by atoms with Crippen LogP contribution in [0, 0.1) is 6.92 Å². The smallest absolute Gasteiger partial charge is 0.338 e. The zero-order chi connectivity index (χ0) is 13.0. The van der Waals surface area contributed by atoms with E-state index in [1.807, 2.05) is 37.3 Å². The average Bonchev–Trinajstić information content (AvgIpc) is 2.40. The van der Waals surface area contributed by atoms with Crippen molar-refractivity contribution in [1.29, 1.82) is 0 Å². The molecule has 0 N–H and O–H groups in total. The first-order chi connectivity index (χ1) is 8.72. The fraction of sp³-hybridized carbons (Fsp3) is 0.200. The predicted octanol–water partition coefficient (Wildman–Crippen LogP) is 3.23. The van der Waals surface area contributed by atoms with E-state index < -0.39 is 0 Å². The summed E-state index contributed by atoms with van der Waals surface area (Å²) in [6.07, 6.45) is 1.75. The number of pyridine rings is 1. The molecule has 1 heterocycles. The Morgan fingerprint density at radius 1 is 1.28 bits per heavy atom. The van der Waals surface area contributed by atoms with Crippen LogP contribution in [0.4, 0.5) is 0 Å². The summed E-state index contributed by atoms with van der Waals surface area (Å²) < 4.78 is 4.99. The highest BCUT2D eigenvalue weighted by Crippen LogP contribution is 2.21. The number of ether oxygens (including phenoxy) is 1. The molecule has 0 saturated carbocycles. The van der Waals surface area contributed by atoms with E-state index in [9.17, 15) is 4.79 Å². The lowest BCUT2D eigenvalue weighted by molar-refractivity contribution is 0.0526. The summed E-state index contributed by atoms with van der Waals surface area (Å²) in [5.41, 5.74) is 3.46. The number of benzene rings is 1. The third-order valence-corrected chi connectivity index (χ3v) is 2.66. The van der Waals surface area contributed by atoms with Crippen LogP contribution in [0.15, 0.2) is 42.6 Å². The fourth-order valence-electron chi connectivity index (χ4n) is 1.80. The molecule has 2 aromatic rings. The Bertz CT molecular complexity index is 564. The maximum absolute atomic E-state index is 11.7. The Kier molecular flexibility index (Phi) is 3.72. The average molecular weight is 241 g/mol. The summed E-state index contributed by atoms with van der Waals surface area (Å²) in [5.74, 6) is -0.298. The maximum Gasteiger partial charge on any atom is 0.338 e. The second-order valence-electron chi connectivity index (χ2n) is 3.97. The van der Waals surface area contributed by atoms with Crippen molar-refractivity contribution in [2.75, 3.05) is 6.61 Å². The van der Waals surface area contributed by atoms with Gasteiger partial charge in [-0.1, -0.05) is 18.2 Å². The molecule has 0 unspecified atom stereocenters. The van der Waals surface area contributed by atoms with Crippen LogP contribution >= 0.6 is 0 Å². The van der Waals surface area contributed by atoms with E-state index >= 15 is 0 Å². The largest absolute Gasteiger partial charge is 0.462 e. The minimum Gasteiger partial charge on any atom is -0.462 e. The number of carbonyl (C=O) groups excluding carboxylic acids is 1. The van der Waals surface area contributed by atoms with Crippen LogP contribution in [0.3, 0.4) is 0 Å². The van der Waals surface area contributed by atoms with Gasteiger partial charge in [0.2, 0.25) is 0 Å². The quantitative estimate of drug-likeness (QED) is 0.774. The molecular weight excluding hydrogens is 226 g/mol. The molecule has 0 saturated heterocycles. The number of carbonyl (C=O) groups is 1. The third kappa shape index (κ3) is 2.56. The van der Waals surface area contributed by atoms with Crippen molar-refractivity contribution in [2.24, 2.45) is 0 Å². The van der Waals surface area contributed by atoms with Crippen LogP contribution in [-0.4, -0.2) is 17.6 Å². The molecule has 92 valence electrons. The molecular formula is C15H15NO2. The summed E-state index contributed by atoms with van der Waals surface area (Å²) in [5, 5.41) is 0. The van der Waals surface area contributed by atoms with E-state index in [4.69, 9.17) is 4.74 Å². The van der Waals surface area contributed by atoms with Crippen LogP contribution < -0.4 is 0 Å². The highest BCUT2D eigenvalue weighted by molar-refractivity contribution is 5.91. The standard InChI is InChI=1S/C15H15NO2/c1-3-18-15(17)13-8-4-7-12(10-13)14-11(2)6-5-9-16-14/h4-10H,3H2,1-2H3. The van der Waals surface area contributed by atoms with Crippen molar-refractivity contribution >= 4 is 5.97 Å². The summed E-state index contributed by atoms with van der Waals surface area (Å²) in [6, 6.07) is 11.2. The van der Waals surface area contributed by atoms with Crippen molar-refractivity contribution in [3.05, 3.63) is 53.7 Å². The lowest BCUT2D eigenvalue weighted by atomic mass is 10.0. The highest BCUT2D eigenvalue weighted by atomic mass is 16.5. The first-order valence-electron chi connectivity index (χ1n) is 5.91. The molecule has 0 atom stereocenters. The minimum atomic E-state index is -0.298. The van der Waals surface area contributed by atoms with Crippen LogP contribution in [0.5, 0.6) is 0 Å². The first-order valence-corrected chi connectivity index (χ1v) is 5.91. The van der Waals surface area contributed by atoms with E-state index in [1.54, 1.807) is 19.2 Å². The number of esters is 1. The van der Waals surface area contributed by atoms with E-state index in [-0.39, 0.29) is 5.97 Å². The zero-order valence-corrected chi connectivity index (χ0v) is 10.5. The molecule has 1 aromatic heterocycles. The van der Waals surface area contributed by atoms with Crippen molar-refractivity contribution in [3.8, 4) is 11.3 Å². The molecule has 1 aromatic carbocycles.